The van der Waals surface area contributed by atoms with E-state index in [1.807, 2.05) is 6.07 Å². The van der Waals surface area contributed by atoms with Gasteiger partial charge in [-0.15, -0.1) is 0 Å². The highest BCUT2D eigenvalue weighted by molar-refractivity contribution is 9.10. The summed E-state index contributed by atoms with van der Waals surface area (Å²) in [4.78, 5) is 23.9. The van der Waals surface area contributed by atoms with Gasteiger partial charge in [0.25, 0.3) is 5.91 Å². The minimum Gasteiger partial charge on any atom is -0.496 e. The zero-order chi connectivity index (χ0) is 18.4. The van der Waals surface area contributed by atoms with Crippen molar-refractivity contribution < 1.29 is 23.6 Å². The minimum absolute atomic E-state index is 0.264. The van der Waals surface area contributed by atoms with Crippen LogP contribution >= 0.6 is 15.9 Å². The van der Waals surface area contributed by atoms with Crippen LogP contribution in [0.2, 0.25) is 0 Å². The van der Waals surface area contributed by atoms with Gasteiger partial charge in [-0.25, -0.2) is 4.79 Å². The Bertz CT molecular complexity index is 800. The first kappa shape index (κ1) is 18.7. The molecule has 0 fully saturated rings. The molecule has 0 saturated heterocycles. The molecule has 8 heteroatoms. The van der Waals surface area contributed by atoms with Gasteiger partial charge in [0.05, 0.1) is 7.11 Å². The van der Waals surface area contributed by atoms with Crippen molar-refractivity contribution in [2.75, 3.05) is 12.4 Å². The summed E-state index contributed by atoms with van der Waals surface area (Å²) in [5, 5.41) is 6.14. The molecule has 0 saturated carbocycles. The molecule has 0 radical (unpaired) electrons. The SMILES string of the molecule is COc1ccc(Br)cc1/C=C/C(=O)O[C@H](C)C(=O)Nc1cc(C)on1. The number of hydrogen-bond donors (Lipinski definition) is 1. The van der Waals surface area contributed by atoms with Crippen LogP contribution in [0.5, 0.6) is 5.75 Å². The van der Waals surface area contributed by atoms with E-state index in [9.17, 15) is 9.59 Å². The Morgan fingerprint density at radius 2 is 2.12 bits per heavy atom. The molecule has 0 aliphatic heterocycles. The van der Waals surface area contributed by atoms with Crippen molar-refractivity contribution in [3.8, 4) is 5.75 Å². The summed E-state index contributed by atoms with van der Waals surface area (Å²) in [6.07, 6.45) is 1.80. The van der Waals surface area contributed by atoms with Gasteiger partial charge in [-0.2, -0.15) is 0 Å². The van der Waals surface area contributed by atoms with E-state index >= 15 is 0 Å². The third-order valence-corrected chi connectivity index (χ3v) is 3.63. The molecular formula is C17H17BrN2O5. The highest BCUT2D eigenvalue weighted by Crippen LogP contribution is 2.24. The molecule has 2 rings (SSSR count). The molecule has 7 nitrogen and oxygen atoms in total. The van der Waals surface area contributed by atoms with Gasteiger partial charge in [0.15, 0.2) is 11.9 Å². The number of methoxy groups -OCH3 is 1. The van der Waals surface area contributed by atoms with Gasteiger partial charge in [-0.05, 0) is 38.1 Å². The molecule has 0 spiro atoms. The zero-order valence-corrected chi connectivity index (χ0v) is 15.5. The number of carbonyl (C=O) groups excluding carboxylic acids is 2. The van der Waals surface area contributed by atoms with Crippen LogP contribution in [0.15, 0.2) is 39.3 Å². The third-order valence-electron chi connectivity index (χ3n) is 3.13. The predicted octanol–water partition coefficient (Wildman–Crippen LogP) is 3.34. The van der Waals surface area contributed by atoms with Crippen molar-refractivity contribution in [3.05, 3.63) is 46.1 Å². The Morgan fingerprint density at radius 3 is 2.76 bits per heavy atom. The first-order valence-electron chi connectivity index (χ1n) is 7.35. The standard InChI is InChI=1S/C17H17BrN2O5/c1-10-8-15(20-25-10)19-17(22)11(2)24-16(21)7-4-12-9-13(18)5-6-14(12)23-3/h4-9,11H,1-3H3,(H,19,20,22)/b7-4+/t11-/m1/s1. The number of carbonyl (C=O) groups is 2. The monoisotopic (exact) mass is 408 g/mol. The number of nitrogens with zero attached hydrogens (tertiary/aromatic N) is 1. The van der Waals surface area contributed by atoms with E-state index in [0.717, 1.165) is 4.47 Å². The van der Waals surface area contributed by atoms with Crippen LogP contribution in [0.4, 0.5) is 5.82 Å². The molecule has 0 aliphatic rings. The number of aromatic nitrogens is 1. The fraction of sp³-hybridized carbons (Fsp3) is 0.235. The van der Waals surface area contributed by atoms with E-state index < -0.39 is 18.0 Å². The van der Waals surface area contributed by atoms with Crippen LogP contribution in [-0.4, -0.2) is 30.2 Å². The quantitative estimate of drug-likeness (QED) is 0.582. The van der Waals surface area contributed by atoms with Crippen LogP contribution < -0.4 is 10.1 Å². The largest absolute Gasteiger partial charge is 0.496 e. The Hall–Kier alpha value is -2.61. The number of amides is 1. The molecule has 1 N–H and O–H groups in total. The van der Waals surface area contributed by atoms with Crippen molar-refractivity contribution in [2.45, 2.75) is 20.0 Å². The van der Waals surface area contributed by atoms with Crippen molar-refractivity contribution >= 4 is 39.7 Å². The molecule has 0 unspecified atom stereocenters. The number of halogens is 1. The summed E-state index contributed by atoms with van der Waals surface area (Å²) in [7, 11) is 1.54. The fourth-order valence-electron chi connectivity index (χ4n) is 1.91. The topological polar surface area (TPSA) is 90.7 Å². The number of nitrogens with one attached hydrogen (secondary N) is 1. The maximum absolute atomic E-state index is 12.0. The lowest BCUT2D eigenvalue weighted by Gasteiger charge is -2.10. The molecule has 0 bridgehead atoms. The van der Waals surface area contributed by atoms with Crippen LogP contribution in [0, 0.1) is 6.92 Å². The van der Waals surface area contributed by atoms with Crippen LogP contribution in [0.25, 0.3) is 6.08 Å². The molecule has 0 aliphatic carbocycles. The van der Waals surface area contributed by atoms with Gasteiger partial charge < -0.3 is 19.3 Å². The summed E-state index contributed by atoms with van der Waals surface area (Å²) in [5.41, 5.74) is 0.698. The van der Waals surface area contributed by atoms with Gasteiger partial charge >= 0.3 is 5.97 Å². The molecule has 132 valence electrons. The fourth-order valence-corrected chi connectivity index (χ4v) is 2.29. The Morgan fingerprint density at radius 1 is 1.36 bits per heavy atom. The van der Waals surface area contributed by atoms with E-state index in [-0.39, 0.29) is 5.82 Å². The van der Waals surface area contributed by atoms with Gasteiger partial charge in [-0.1, -0.05) is 21.1 Å². The molecule has 1 atom stereocenters. The van der Waals surface area contributed by atoms with Crippen molar-refractivity contribution in [3.63, 3.8) is 0 Å². The van der Waals surface area contributed by atoms with Crippen molar-refractivity contribution in [1.29, 1.82) is 0 Å². The Kier molecular flexibility index (Phi) is 6.35. The molecule has 1 amide bonds. The van der Waals surface area contributed by atoms with Gasteiger partial charge in [0, 0.05) is 22.2 Å². The van der Waals surface area contributed by atoms with E-state index in [4.69, 9.17) is 14.0 Å². The van der Waals surface area contributed by atoms with Gasteiger partial charge in [0.2, 0.25) is 0 Å². The summed E-state index contributed by atoms with van der Waals surface area (Å²) in [6.45, 7) is 3.17. The van der Waals surface area contributed by atoms with Crippen LogP contribution in [-0.2, 0) is 14.3 Å². The summed E-state index contributed by atoms with van der Waals surface area (Å²) >= 11 is 3.35. The lowest BCUT2D eigenvalue weighted by Crippen LogP contribution is -2.29. The van der Waals surface area contributed by atoms with E-state index in [0.29, 0.717) is 17.1 Å². The second-order valence-electron chi connectivity index (χ2n) is 5.11. The maximum atomic E-state index is 12.0. The number of anilines is 1. The van der Waals surface area contributed by atoms with Crippen LogP contribution in [0.3, 0.4) is 0 Å². The number of benzene rings is 1. The molecule has 25 heavy (non-hydrogen) atoms. The van der Waals surface area contributed by atoms with E-state index in [2.05, 4.69) is 26.4 Å². The first-order valence-corrected chi connectivity index (χ1v) is 8.14. The third kappa shape index (κ3) is 5.46. The van der Waals surface area contributed by atoms with Crippen LogP contribution in [0.1, 0.15) is 18.2 Å². The second-order valence-corrected chi connectivity index (χ2v) is 6.03. The summed E-state index contributed by atoms with van der Waals surface area (Å²) in [6, 6.07) is 6.95. The van der Waals surface area contributed by atoms with E-state index in [1.165, 1.54) is 20.1 Å². The number of rotatable bonds is 6. The first-order chi connectivity index (χ1) is 11.9. The number of aryl methyl sites for hydroxylation is 1. The highest BCUT2D eigenvalue weighted by atomic mass is 79.9. The molecule has 1 heterocycles. The summed E-state index contributed by atoms with van der Waals surface area (Å²) in [5.74, 6) is 0.279. The van der Waals surface area contributed by atoms with Gasteiger partial charge in [0.1, 0.15) is 11.5 Å². The lowest BCUT2D eigenvalue weighted by molar-refractivity contribution is -0.148. The Balaban J connectivity index is 1.95. The van der Waals surface area contributed by atoms with Crippen molar-refractivity contribution in [2.24, 2.45) is 0 Å². The molecular weight excluding hydrogens is 392 g/mol. The Labute approximate surface area is 153 Å². The maximum Gasteiger partial charge on any atom is 0.331 e. The summed E-state index contributed by atoms with van der Waals surface area (Å²) < 4.78 is 16.0. The van der Waals surface area contributed by atoms with Crippen molar-refractivity contribution in [1.82, 2.24) is 5.16 Å². The average Bonchev–Trinajstić information content (AvgIpc) is 2.97. The minimum atomic E-state index is -0.987. The second kappa shape index (κ2) is 8.48. The number of ether oxygens (including phenoxy) is 2. The number of hydrogen-bond acceptors (Lipinski definition) is 6. The predicted molar refractivity (Wildman–Crippen MR) is 95.2 cm³/mol. The normalized spacial score (nSPS) is 12.0. The average molecular weight is 409 g/mol. The smallest absolute Gasteiger partial charge is 0.331 e. The molecule has 2 aromatic rings. The highest BCUT2D eigenvalue weighted by Gasteiger charge is 2.18. The van der Waals surface area contributed by atoms with Gasteiger partial charge in [-0.3, -0.25) is 4.79 Å². The molecule has 1 aromatic heterocycles. The zero-order valence-electron chi connectivity index (χ0n) is 13.9. The van der Waals surface area contributed by atoms with E-state index in [1.54, 1.807) is 31.2 Å². The number of esters is 1. The molecule has 1 aromatic carbocycles. The lowest BCUT2D eigenvalue weighted by atomic mass is 10.2.